The van der Waals surface area contributed by atoms with Gasteiger partial charge in [-0.1, -0.05) is 6.07 Å². The second kappa shape index (κ2) is 4.67. The van der Waals surface area contributed by atoms with Gasteiger partial charge in [0.25, 0.3) is 0 Å². The molecule has 0 amide bonds. The second-order valence-corrected chi connectivity index (χ2v) is 7.87. The third kappa shape index (κ3) is 3.12. The molecule has 0 aromatic heterocycles. The molecule has 0 saturated carbocycles. The van der Waals surface area contributed by atoms with E-state index in [0.717, 1.165) is 19.3 Å². The Morgan fingerprint density at radius 2 is 1.78 bits per heavy atom. The lowest BCUT2D eigenvalue weighted by molar-refractivity contribution is 0.544. The molecule has 2 N–H and O–H groups in total. The molecule has 0 spiro atoms. The van der Waals surface area contributed by atoms with E-state index in [1.807, 2.05) is 12.1 Å². The summed E-state index contributed by atoms with van der Waals surface area (Å²) < 4.78 is 24.5. The van der Waals surface area contributed by atoms with E-state index < -0.39 is 15.4 Å². The van der Waals surface area contributed by atoms with Crippen LogP contribution in [0.25, 0.3) is 0 Å². The van der Waals surface area contributed by atoms with Gasteiger partial charge in [-0.25, -0.2) is 8.42 Å². The van der Waals surface area contributed by atoms with Gasteiger partial charge in [0.1, 0.15) is 0 Å². The summed E-state index contributed by atoms with van der Waals surface area (Å²) >= 11 is 0. The van der Waals surface area contributed by atoms with Gasteiger partial charge in [0.15, 0.2) is 9.84 Å². The predicted molar refractivity (Wildman–Crippen MR) is 73.4 cm³/mol. The highest BCUT2D eigenvalue weighted by atomic mass is 32.2. The molecule has 3 nitrogen and oxygen atoms in total. The van der Waals surface area contributed by atoms with Crippen LogP contribution in [-0.4, -0.2) is 19.7 Å². The zero-order chi connectivity index (χ0) is 13.4. The average molecular weight is 267 g/mol. The van der Waals surface area contributed by atoms with E-state index in [0.29, 0.717) is 4.90 Å². The topological polar surface area (TPSA) is 60.2 Å². The van der Waals surface area contributed by atoms with Crippen LogP contribution in [-0.2, 0) is 22.7 Å². The van der Waals surface area contributed by atoms with Gasteiger partial charge < -0.3 is 5.73 Å². The minimum absolute atomic E-state index is 0.0151. The Hall–Kier alpha value is -0.870. The molecule has 1 aromatic carbocycles. The van der Waals surface area contributed by atoms with E-state index in [1.54, 1.807) is 19.9 Å². The molecule has 0 saturated heterocycles. The Morgan fingerprint density at radius 3 is 2.39 bits per heavy atom. The maximum atomic E-state index is 12.3. The van der Waals surface area contributed by atoms with Gasteiger partial charge in [-0.3, -0.25) is 0 Å². The lowest BCUT2D eigenvalue weighted by Crippen LogP contribution is -2.39. The van der Waals surface area contributed by atoms with Crippen molar-refractivity contribution in [2.45, 2.75) is 50.0 Å². The Kier molecular flexibility index (Phi) is 3.52. The maximum absolute atomic E-state index is 12.3. The molecule has 0 aliphatic heterocycles. The summed E-state index contributed by atoms with van der Waals surface area (Å²) in [6, 6.07) is 5.53. The average Bonchev–Trinajstić information content (AvgIpc) is 2.25. The van der Waals surface area contributed by atoms with E-state index in [2.05, 4.69) is 0 Å². The fraction of sp³-hybridized carbons (Fsp3) is 0.571. The molecule has 0 bridgehead atoms. The number of aryl methyl sites for hydroxylation is 2. The van der Waals surface area contributed by atoms with Gasteiger partial charge in [-0.2, -0.15) is 0 Å². The van der Waals surface area contributed by atoms with Crippen molar-refractivity contribution in [2.24, 2.45) is 5.73 Å². The Bertz CT molecular complexity index is 541. The highest BCUT2D eigenvalue weighted by Gasteiger charge is 2.24. The lowest BCUT2D eigenvalue weighted by atomic mass is 9.92. The summed E-state index contributed by atoms with van der Waals surface area (Å²) in [4.78, 5) is 0.418. The molecule has 100 valence electrons. The Labute approximate surface area is 109 Å². The minimum atomic E-state index is -3.28. The third-order valence-electron chi connectivity index (χ3n) is 3.24. The van der Waals surface area contributed by atoms with Gasteiger partial charge in [0.05, 0.1) is 10.6 Å². The summed E-state index contributed by atoms with van der Waals surface area (Å²) in [5.74, 6) is -0.0151. The first-order valence-corrected chi connectivity index (χ1v) is 8.07. The highest BCUT2D eigenvalue weighted by Crippen LogP contribution is 2.25. The number of hydrogen-bond acceptors (Lipinski definition) is 3. The van der Waals surface area contributed by atoms with Gasteiger partial charge in [-0.05, 0) is 62.8 Å². The number of sulfone groups is 1. The molecule has 0 fully saturated rings. The van der Waals surface area contributed by atoms with Crippen molar-refractivity contribution in [1.29, 1.82) is 0 Å². The number of fused-ring (bicyclic) bond motifs is 1. The molecule has 0 unspecified atom stereocenters. The van der Waals surface area contributed by atoms with Crippen LogP contribution >= 0.6 is 0 Å². The molecule has 1 aliphatic carbocycles. The number of rotatable bonds is 3. The zero-order valence-electron chi connectivity index (χ0n) is 11.1. The van der Waals surface area contributed by atoms with Crippen LogP contribution in [0.15, 0.2) is 23.1 Å². The van der Waals surface area contributed by atoms with E-state index in [9.17, 15) is 8.42 Å². The van der Waals surface area contributed by atoms with Crippen molar-refractivity contribution >= 4 is 9.84 Å². The van der Waals surface area contributed by atoms with Gasteiger partial charge >= 0.3 is 0 Å². The first kappa shape index (κ1) is 13.6. The van der Waals surface area contributed by atoms with Crippen LogP contribution in [0.5, 0.6) is 0 Å². The van der Waals surface area contributed by atoms with Gasteiger partial charge in [0.2, 0.25) is 0 Å². The van der Waals surface area contributed by atoms with E-state index in [1.165, 1.54) is 17.5 Å². The van der Waals surface area contributed by atoms with Crippen LogP contribution < -0.4 is 5.73 Å². The molecule has 0 heterocycles. The van der Waals surface area contributed by atoms with E-state index >= 15 is 0 Å². The summed E-state index contributed by atoms with van der Waals surface area (Å²) in [7, 11) is -3.28. The number of benzene rings is 1. The molecular weight excluding hydrogens is 246 g/mol. The fourth-order valence-electron chi connectivity index (χ4n) is 2.48. The molecule has 1 aromatic rings. The van der Waals surface area contributed by atoms with Crippen molar-refractivity contribution in [3.8, 4) is 0 Å². The molecule has 1 aliphatic rings. The molecule has 2 rings (SSSR count). The summed E-state index contributed by atoms with van der Waals surface area (Å²) in [5, 5.41) is 0. The quantitative estimate of drug-likeness (QED) is 0.912. The highest BCUT2D eigenvalue weighted by molar-refractivity contribution is 7.91. The fourth-order valence-corrected chi connectivity index (χ4v) is 4.22. The van der Waals surface area contributed by atoms with Crippen molar-refractivity contribution < 1.29 is 8.42 Å². The van der Waals surface area contributed by atoms with Crippen molar-refractivity contribution in [2.75, 3.05) is 5.75 Å². The maximum Gasteiger partial charge on any atom is 0.180 e. The Morgan fingerprint density at radius 1 is 1.17 bits per heavy atom. The third-order valence-corrected chi connectivity index (χ3v) is 5.34. The van der Waals surface area contributed by atoms with Gasteiger partial charge in [-0.15, -0.1) is 0 Å². The standard InChI is InChI=1S/C14H21NO2S/c1-14(2,15)10-18(16,17)13-8-7-11-5-3-4-6-12(11)9-13/h7-9H,3-6,10,15H2,1-2H3. The van der Waals surface area contributed by atoms with E-state index in [-0.39, 0.29) is 5.75 Å². The largest absolute Gasteiger partial charge is 0.325 e. The zero-order valence-corrected chi connectivity index (χ0v) is 11.9. The van der Waals surface area contributed by atoms with E-state index in [4.69, 9.17) is 5.73 Å². The predicted octanol–water partition coefficient (Wildman–Crippen LogP) is 2.08. The first-order chi connectivity index (χ1) is 8.28. The number of hydrogen-bond donors (Lipinski definition) is 1. The SMILES string of the molecule is CC(C)(N)CS(=O)(=O)c1ccc2c(c1)CCCC2. The smallest absolute Gasteiger partial charge is 0.180 e. The normalized spacial score (nSPS) is 16.4. The molecular formula is C14H21NO2S. The van der Waals surface area contributed by atoms with Crippen LogP contribution in [0.3, 0.4) is 0 Å². The van der Waals surface area contributed by atoms with Crippen molar-refractivity contribution in [3.05, 3.63) is 29.3 Å². The second-order valence-electron chi connectivity index (χ2n) is 5.89. The summed E-state index contributed by atoms with van der Waals surface area (Å²) in [6.45, 7) is 3.48. The molecule has 18 heavy (non-hydrogen) atoms. The Balaban J connectivity index is 2.34. The molecule has 4 heteroatoms. The van der Waals surface area contributed by atoms with Crippen LogP contribution in [0.1, 0.15) is 37.8 Å². The van der Waals surface area contributed by atoms with Crippen LogP contribution in [0.4, 0.5) is 0 Å². The van der Waals surface area contributed by atoms with Crippen LogP contribution in [0, 0.1) is 0 Å². The summed E-state index contributed by atoms with van der Waals surface area (Å²) in [6.07, 6.45) is 4.41. The van der Waals surface area contributed by atoms with Crippen molar-refractivity contribution in [3.63, 3.8) is 0 Å². The van der Waals surface area contributed by atoms with Crippen LogP contribution in [0.2, 0.25) is 0 Å². The minimum Gasteiger partial charge on any atom is -0.325 e. The first-order valence-electron chi connectivity index (χ1n) is 6.41. The van der Waals surface area contributed by atoms with Crippen molar-refractivity contribution in [1.82, 2.24) is 0 Å². The molecule has 0 atom stereocenters. The monoisotopic (exact) mass is 267 g/mol. The number of nitrogens with two attached hydrogens (primary N) is 1. The molecule has 0 radical (unpaired) electrons. The lowest BCUT2D eigenvalue weighted by Gasteiger charge is -2.20. The summed E-state index contributed by atoms with van der Waals surface area (Å²) in [5.41, 5.74) is 7.61. The van der Waals surface area contributed by atoms with Gasteiger partial charge in [0, 0.05) is 5.54 Å².